The summed E-state index contributed by atoms with van der Waals surface area (Å²) in [4.78, 5) is 29.4. The predicted molar refractivity (Wildman–Crippen MR) is 168 cm³/mol. The molecule has 0 saturated carbocycles. The van der Waals surface area contributed by atoms with E-state index in [0.717, 1.165) is 22.3 Å². The lowest BCUT2D eigenvalue weighted by atomic mass is 9.98. The largest absolute Gasteiger partial charge is 0.488 e. The van der Waals surface area contributed by atoms with Crippen molar-refractivity contribution in [2.24, 2.45) is 0 Å². The first kappa shape index (κ1) is 32.2. The normalized spacial score (nSPS) is 15.3. The van der Waals surface area contributed by atoms with Gasteiger partial charge in [0.1, 0.15) is 12.2 Å². The minimum absolute atomic E-state index is 0.0851. The Labute approximate surface area is 263 Å². The lowest BCUT2D eigenvalue weighted by molar-refractivity contribution is 0.0139. The molecule has 1 heterocycles. The number of nitrogens with one attached hydrogen (secondary N) is 1. The van der Waals surface area contributed by atoms with Gasteiger partial charge in [-0.1, -0.05) is 52.4 Å². The predicted octanol–water partition coefficient (Wildman–Crippen LogP) is 6.31. The van der Waals surface area contributed by atoms with Gasteiger partial charge < -0.3 is 18.6 Å². The van der Waals surface area contributed by atoms with Crippen LogP contribution in [0, 0.1) is 13.8 Å². The summed E-state index contributed by atoms with van der Waals surface area (Å²) in [6.07, 6.45) is -1.12. The number of carbonyl (C=O) groups is 2. The third-order valence-corrected chi connectivity index (χ3v) is 8.46. The Hall–Kier alpha value is -4.16. The van der Waals surface area contributed by atoms with Crippen molar-refractivity contribution in [3.05, 3.63) is 82.4 Å². The van der Waals surface area contributed by atoms with E-state index in [1.165, 1.54) is 13.0 Å². The first-order chi connectivity index (χ1) is 21.2. The molecule has 1 saturated heterocycles. The van der Waals surface area contributed by atoms with Crippen molar-refractivity contribution in [3.8, 4) is 16.9 Å². The number of benzene rings is 3. The quantitative estimate of drug-likeness (QED) is 0.299. The van der Waals surface area contributed by atoms with Crippen molar-refractivity contribution in [1.29, 1.82) is 0 Å². The smallest absolute Gasteiger partial charge is 0.448 e. The molecule has 2 amide bonds. The number of amides is 2. The number of halogens is 1. The van der Waals surface area contributed by atoms with Crippen LogP contribution in [0.2, 0.25) is 0 Å². The second-order valence-corrected chi connectivity index (χ2v) is 13.3. The Morgan fingerprint density at radius 2 is 1.51 bits per heavy atom. The molecule has 1 aliphatic carbocycles. The second-order valence-electron chi connectivity index (χ2n) is 12.3. The number of nitrogens with zero attached hydrogens (tertiary/aromatic N) is 2. The highest BCUT2D eigenvalue weighted by Crippen LogP contribution is 2.44. The molecule has 0 atom stereocenters. The van der Waals surface area contributed by atoms with Crippen LogP contribution < -0.4 is 9.50 Å². The van der Waals surface area contributed by atoms with Gasteiger partial charge in [-0.3, -0.25) is 10.2 Å². The van der Waals surface area contributed by atoms with Crippen molar-refractivity contribution in [3.63, 3.8) is 0 Å². The molecule has 1 fully saturated rings. The molecule has 0 aromatic heterocycles. The van der Waals surface area contributed by atoms with E-state index in [2.05, 4.69) is 14.4 Å². The zero-order valence-corrected chi connectivity index (χ0v) is 26.9. The van der Waals surface area contributed by atoms with Gasteiger partial charge in [0, 0.05) is 44.2 Å². The summed E-state index contributed by atoms with van der Waals surface area (Å²) in [6, 6.07) is 17.5. The third-order valence-electron chi connectivity index (χ3n) is 8.08. The minimum atomic E-state index is -5.33. The van der Waals surface area contributed by atoms with Gasteiger partial charge in [0.2, 0.25) is 0 Å². The molecule has 0 spiro atoms. The van der Waals surface area contributed by atoms with Gasteiger partial charge >= 0.3 is 22.7 Å². The topological polar surface area (TPSA) is 114 Å². The number of rotatable bonds is 7. The highest BCUT2D eigenvalue weighted by atomic mass is 32.3. The monoisotopic (exact) mass is 639 g/mol. The molecule has 240 valence electrons. The van der Waals surface area contributed by atoms with E-state index in [9.17, 15) is 21.9 Å². The Kier molecular flexibility index (Phi) is 9.09. The fourth-order valence-electron chi connectivity index (χ4n) is 5.88. The highest BCUT2D eigenvalue weighted by molar-refractivity contribution is 7.81. The zero-order chi connectivity index (χ0) is 32.5. The maximum atomic E-state index is 13.7. The molecule has 5 rings (SSSR count). The highest BCUT2D eigenvalue weighted by Gasteiger charge is 2.30. The maximum Gasteiger partial charge on any atom is 0.488 e. The summed E-state index contributed by atoms with van der Waals surface area (Å²) >= 11 is 0. The fraction of sp³-hybridized carbons (Fsp3) is 0.394. The molecule has 1 N–H and O–H groups in total. The molecule has 12 heteroatoms. The van der Waals surface area contributed by atoms with Gasteiger partial charge in [0.05, 0.1) is 5.69 Å². The van der Waals surface area contributed by atoms with Crippen LogP contribution >= 0.6 is 0 Å². The van der Waals surface area contributed by atoms with E-state index >= 15 is 0 Å². The third kappa shape index (κ3) is 7.56. The number of piperazine rings is 1. The number of anilines is 1. The van der Waals surface area contributed by atoms with Gasteiger partial charge in [-0.25, -0.2) is 9.59 Å². The SMILES string of the molecule is Cc1c(CN2CCN(C(=O)OC(C)(C)C)CC2)cc(OS(=O)(=O)F)c(C)c1NC(=O)OCC1c2ccccc2-c2ccccc21. The van der Waals surface area contributed by atoms with Gasteiger partial charge in [-0.2, -0.15) is 8.42 Å². The van der Waals surface area contributed by atoms with Crippen LogP contribution in [0.3, 0.4) is 0 Å². The van der Waals surface area contributed by atoms with Crippen molar-refractivity contribution < 1.29 is 35.5 Å². The van der Waals surface area contributed by atoms with Crippen LogP contribution in [0.25, 0.3) is 11.1 Å². The molecule has 3 aromatic carbocycles. The van der Waals surface area contributed by atoms with Crippen molar-refractivity contribution in [1.82, 2.24) is 9.80 Å². The summed E-state index contributed by atoms with van der Waals surface area (Å²) < 4.78 is 52.5. The summed E-state index contributed by atoms with van der Waals surface area (Å²) in [5, 5.41) is 2.75. The summed E-state index contributed by atoms with van der Waals surface area (Å²) in [7, 11) is -5.33. The van der Waals surface area contributed by atoms with Gasteiger partial charge in [0.25, 0.3) is 0 Å². The molecule has 3 aromatic rings. The van der Waals surface area contributed by atoms with Gasteiger partial charge in [0.15, 0.2) is 5.75 Å². The average molecular weight is 640 g/mol. The number of hydrogen-bond donors (Lipinski definition) is 1. The number of fused-ring (bicyclic) bond motifs is 3. The van der Waals surface area contributed by atoms with Crippen LogP contribution in [0.15, 0.2) is 54.6 Å². The molecule has 10 nitrogen and oxygen atoms in total. The second kappa shape index (κ2) is 12.7. The minimum Gasteiger partial charge on any atom is -0.448 e. The van der Waals surface area contributed by atoms with Crippen LogP contribution in [0.4, 0.5) is 19.2 Å². The van der Waals surface area contributed by atoms with E-state index < -0.39 is 22.2 Å². The molecule has 2 aliphatic rings. The molecule has 1 aliphatic heterocycles. The number of hydrogen-bond acceptors (Lipinski definition) is 8. The molecule has 0 bridgehead atoms. The van der Waals surface area contributed by atoms with E-state index in [-0.39, 0.29) is 35.6 Å². The summed E-state index contributed by atoms with van der Waals surface area (Å²) in [5.41, 5.74) is 5.52. The fourth-order valence-corrected chi connectivity index (χ4v) is 6.27. The molecule has 0 radical (unpaired) electrons. The molecule has 45 heavy (non-hydrogen) atoms. The van der Waals surface area contributed by atoms with Crippen LogP contribution in [0.1, 0.15) is 54.5 Å². The van der Waals surface area contributed by atoms with Crippen LogP contribution in [-0.4, -0.2) is 68.8 Å². The first-order valence-corrected chi connectivity index (χ1v) is 16.1. The Balaban J connectivity index is 1.31. The molecular formula is C33H38FN3O7S. The van der Waals surface area contributed by atoms with E-state index in [1.807, 2.05) is 69.3 Å². The lowest BCUT2D eigenvalue weighted by Crippen LogP contribution is -2.49. The van der Waals surface area contributed by atoms with Crippen LogP contribution in [0.5, 0.6) is 5.75 Å². The van der Waals surface area contributed by atoms with Gasteiger partial charge in [-0.15, -0.1) is 0 Å². The average Bonchev–Trinajstić information content (AvgIpc) is 3.29. The molecule has 0 unspecified atom stereocenters. The van der Waals surface area contributed by atoms with E-state index in [1.54, 1.807) is 11.8 Å². The number of ether oxygens (including phenoxy) is 2. The molecular weight excluding hydrogens is 601 g/mol. The maximum absolute atomic E-state index is 13.7. The van der Waals surface area contributed by atoms with Crippen molar-refractivity contribution in [2.45, 2.75) is 52.7 Å². The van der Waals surface area contributed by atoms with E-state index in [0.29, 0.717) is 43.9 Å². The van der Waals surface area contributed by atoms with Crippen molar-refractivity contribution in [2.75, 3.05) is 38.1 Å². The Morgan fingerprint density at radius 3 is 2.07 bits per heavy atom. The van der Waals surface area contributed by atoms with E-state index in [4.69, 9.17) is 9.47 Å². The lowest BCUT2D eigenvalue weighted by Gasteiger charge is -2.36. The van der Waals surface area contributed by atoms with Crippen LogP contribution in [-0.2, 0) is 26.5 Å². The summed E-state index contributed by atoms with van der Waals surface area (Å²) in [6.45, 7) is 11.1. The number of carbonyl (C=O) groups excluding carboxylic acids is 2. The van der Waals surface area contributed by atoms with Gasteiger partial charge in [-0.05, 0) is 74.1 Å². The summed E-state index contributed by atoms with van der Waals surface area (Å²) in [5.74, 6) is -0.383. The zero-order valence-electron chi connectivity index (χ0n) is 26.1. The standard InChI is InChI=1S/C33H38FN3O7S/c1-21-23(19-36-14-16-37(17-15-36)32(39)43-33(3,4)5)18-29(44-45(34,40)41)22(2)30(21)35-31(38)42-20-28-26-12-8-6-10-24(26)25-11-7-9-13-27(25)28/h6-13,18,28H,14-17,19-20H2,1-5H3,(H,35,38). The Bertz CT molecular complexity index is 1670. The first-order valence-electron chi connectivity index (χ1n) is 14.8. The Morgan fingerprint density at radius 1 is 0.933 bits per heavy atom. The van der Waals surface area contributed by atoms with Crippen molar-refractivity contribution >= 4 is 28.4 Å².